The highest BCUT2D eigenvalue weighted by molar-refractivity contribution is 7.92. The Kier molecular flexibility index (Phi) is 9.12. The van der Waals surface area contributed by atoms with Gasteiger partial charge in [0.15, 0.2) is 16.1 Å². The fraction of sp³-hybridized carbons (Fsp3) is 0.583. The first-order chi connectivity index (χ1) is 13.7. The Labute approximate surface area is 176 Å². The van der Waals surface area contributed by atoms with Gasteiger partial charge in [0.25, 0.3) is 0 Å². The van der Waals surface area contributed by atoms with Gasteiger partial charge in [-0.1, -0.05) is 55.3 Å². The second-order valence-corrected chi connectivity index (χ2v) is 10.5. The lowest BCUT2D eigenvalue weighted by Gasteiger charge is -2.28. The van der Waals surface area contributed by atoms with E-state index in [4.69, 9.17) is 9.47 Å². The van der Waals surface area contributed by atoms with Gasteiger partial charge in [0.2, 0.25) is 0 Å². The van der Waals surface area contributed by atoms with Gasteiger partial charge in [0, 0.05) is 6.42 Å². The van der Waals surface area contributed by atoms with Crippen molar-refractivity contribution in [2.75, 3.05) is 13.2 Å². The van der Waals surface area contributed by atoms with Gasteiger partial charge in [-0.3, -0.25) is 0 Å². The van der Waals surface area contributed by atoms with E-state index in [9.17, 15) is 8.42 Å². The molecule has 1 aromatic carbocycles. The first-order valence-corrected chi connectivity index (χ1v) is 12.1. The molecule has 1 aliphatic heterocycles. The van der Waals surface area contributed by atoms with Gasteiger partial charge >= 0.3 is 0 Å². The highest BCUT2D eigenvalue weighted by atomic mass is 32.2. The van der Waals surface area contributed by atoms with Crippen molar-refractivity contribution in [3.8, 4) is 0 Å². The molecule has 0 spiro atoms. The van der Waals surface area contributed by atoms with Crippen molar-refractivity contribution in [3.63, 3.8) is 0 Å². The van der Waals surface area contributed by atoms with Gasteiger partial charge in [-0.25, -0.2) is 8.42 Å². The maximum absolute atomic E-state index is 13.5. The molecule has 0 aromatic heterocycles. The molecule has 3 atom stereocenters. The monoisotopic (exact) mass is 420 g/mol. The third kappa shape index (κ3) is 7.09. The highest BCUT2D eigenvalue weighted by Crippen LogP contribution is 2.32. The van der Waals surface area contributed by atoms with Crippen LogP contribution >= 0.6 is 0 Å². The van der Waals surface area contributed by atoms with E-state index in [-0.39, 0.29) is 18.1 Å². The minimum Gasteiger partial charge on any atom is -0.350 e. The summed E-state index contributed by atoms with van der Waals surface area (Å²) in [5.74, 6) is 0.0785. The van der Waals surface area contributed by atoms with Crippen LogP contribution in [-0.4, -0.2) is 33.2 Å². The molecule has 5 heteroatoms. The predicted octanol–water partition coefficient (Wildman–Crippen LogP) is 5.56. The summed E-state index contributed by atoms with van der Waals surface area (Å²) >= 11 is 0. The molecule has 1 fully saturated rings. The fourth-order valence-corrected chi connectivity index (χ4v) is 5.72. The zero-order chi connectivity index (χ0) is 21.4. The van der Waals surface area contributed by atoms with Crippen LogP contribution in [0.1, 0.15) is 53.9 Å². The number of benzene rings is 1. The molecule has 0 bridgehead atoms. The van der Waals surface area contributed by atoms with E-state index in [0.29, 0.717) is 24.5 Å². The molecule has 1 saturated heterocycles. The van der Waals surface area contributed by atoms with Crippen LogP contribution in [0.2, 0.25) is 0 Å². The average molecular weight is 421 g/mol. The number of hydrogen-bond acceptors (Lipinski definition) is 4. The van der Waals surface area contributed by atoms with Crippen molar-refractivity contribution < 1.29 is 17.9 Å². The van der Waals surface area contributed by atoms with Crippen LogP contribution in [0.15, 0.2) is 58.5 Å². The summed E-state index contributed by atoms with van der Waals surface area (Å²) < 4.78 is 38.2. The highest BCUT2D eigenvalue weighted by Gasteiger charge is 2.35. The van der Waals surface area contributed by atoms with E-state index < -0.39 is 15.1 Å². The smallest absolute Gasteiger partial charge is 0.185 e. The molecule has 4 nitrogen and oxygen atoms in total. The molecule has 1 aliphatic rings. The van der Waals surface area contributed by atoms with Gasteiger partial charge < -0.3 is 9.47 Å². The van der Waals surface area contributed by atoms with Gasteiger partial charge in [-0.15, -0.1) is 0 Å². The molecule has 1 unspecified atom stereocenters. The standard InChI is InChI=1S/C24H36O4S/c1-18(2)10-9-11-19(3)16-23(29(25,26)22-12-7-6-8-13-22)21(5)20(4)17-24-27-14-15-28-24/h6-8,10,12-13,16,20-21,23-24H,9,11,14-15,17H2,1-5H3/b19-16+/t20-,21-,23?/m0/s1. The zero-order valence-corrected chi connectivity index (χ0v) is 19.2. The molecule has 1 heterocycles. The average Bonchev–Trinajstić information content (AvgIpc) is 3.19. The lowest BCUT2D eigenvalue weighted by atomic mass is 9.88. The summed E-state index contributed by atoms with van der Waals surface area (Å²) in [6.07, 6.45) is 6.43. The molecule has 0 saturated carbocycles. The first kappa shape index (κ1) is 23.8. The van der Waals surface area contributed by atoms with Crippen LogP contribution in [-0.2, 0) is 19.3 Å². The van der Waals surface area contributed by atoms with Crippen molar-refractivity contribution in [1.82, 2.24) is 0 Å². The van der Waals surface area contributed by atoms with Crippen molar-refractivity contribution in [3.05, 3.63) is 53.6 Å². The van der Waals surface area contributed by atoms with Crippen molar-refractivity contribution in [2.24, 2.45) is 11.8 Å². The van der Waals surface area contributed by atoms with Crippen molar-refractivity contribution in [1.29, 1.82) is 0 Å². The van der Waals surface area contributed by atoms with Crippen LogP contribution in [0.4, 0.5) is 0 Å². The van der Waals surface area contributed by atoms with Gasteiger partial charge in [0.05, 0.1) is 23.4 Å². The molecule has 0 aliphatic carbocycles. The molecule has 29 heavy (non-hydrogen) atoms. The van der Waals surface area contributed by atoms with Crippen molar-refractivity contribution in [2.45, 2.75) is 70.3 Å². The SMILES string of the molecule is CC(C)=CCC/C(C)=C/C([C@@H](C)[C@@H](C)CC1OCCO1)S(=O)(=O)c1ccccc1. The first-order valence-electron chi connectivity index (χ1n) is 10.5. The van der Waals surface area contributed by atoms with E-state index in [1.807, 2.05) is 26.0 Å². The Morgan fingerprint density at radius 3 is 2.31 bits per heavy atom. The minimum absolute atomic E-state index is 0.0635. The summed E-state index contributed by atoms with van der Waals surface area (Å²) in [5, 5.41) is -0.576. The summed E-state index contributed by atoms with van der Waals surface area (Å²) in [6, 6.07) is 8.78. The quantitative estimate of drug-likeness (QED) is 0.465. The predicted molar refractivity (Wildman–Crippen MR) is 118 cm³/mol. The Morgan fingerprint density at radius 1 is 1.10 bits per heavy atom. The van der Waals surface area contributed by atoms with Crippen LogP contribution in [0.3, 0.4) is 0 Å². The molecule has 2 rings (SSSR count). The van der Waals surface area contributed by atoms with Crippen LogP contribution < -0.4 is 0 Å². The summed E-state index contributed by atoms with van der Waals surface area (Å²) in [4.78, 5) is 0.380. The molecule has 0 radical (unpaired) electrons. The minimum atomic E-state index is -3.49. The number of ether oxygens (including phenoxy) is 2. The molecular weight excluding hydrogens is 384 g/mol. The topological polar surface area (TPSA) is 52.6 Å². The Balaban J connectivity index is 2.27. The molecule has 162 valence electrons. The maximum Gasteiger partial charge on any atom is 0.185 e. The van der Waals surface area contributed by atoms with E-state index >= 15 is 0 Å². The Hall–Kier alpha value is -1.43. The van der Waals surface area contributed by atoms with Gasteiger partial charge in [-0.05, 0) is 57.6 Å². The number of hydrogen-bond donors (Lipinski definition) is 0. The lowest BCUT2D eigenvalue weighted by Crippen LogP contribution is -2.32. The van der Waals surface area contributed by atoms with E-state index in [0.717, 1.165) is 18.4 Å². The summed E-state index contributed by atoms with van der Waals surface area (Å²) in [6.45, 7) is 11.5. The van der Waals surface area contributed by atoms with Crippen LogP contribution in [0, 0.1) is 11.8 Å². The Bertz CT molecular complexity index is 785. The number of sulfone groups is 1. The van der Waals surface area contributed by atoms with Gasteiger partial charge in [-0.2, -0.15) is 0 Å². The number of rotatable bonds is 10. The normalized spacial score (nSPS) is 19.0. The van der Waals surface area contributed by atoms with Gasteiger partial charge in [0.1, 0.15) is 0 Å². The van der Waals surface area contributed by atoms with E-state index in [2.05, 4.69) is 26.8 Å². The lowest BCUT2D eigenvalue weighted by molar-refractivity contribution is -0.0593. The molecular formula is C24H36O4S. The zero-order valence-electron chi connectivity index (χ0n) is 18.4. The summed E-state index contributed by atoms with van der Waals surface area (Å²) in [7, 11) is -3.49. The largest absolute Gasteiger partial charge is 0.350 e. The van der Waals surface area contributed by atoms with Crippen LogP contribution in [0.25, 0.3) is 0 Å². The molecule has 0 amide bonds. The van der Waals surface area contributed by atoms with E-state index in [1.165, 1.54) is 5.57 Å². The fourth-order valence-electron chi connectivity index (χ4n) is 3.63. The van der Waals surface area contributed by atoms with E-state index in [1.54, 1.807) is 24.3 Å². The van der Waals surface area contributed by atoms with Crippen molar-refractivity contribution >= 4 is 9.84 Å². The third-order valence-corrected chi connectivity index (χ3v) is 7.85. The second kappa shape index (κ2) is 11.1. The third-order valence-electron chi connectivity index (χ3n) is 5.64. The number of allylic oxidation sites excluding steroid dienone is 3. The maximum atomic E-state index is 13.5. The molecule has 1 aromatic rings. The Morgan fingerprint density at radius 2 is 1.72 bits per heavy atom. The molecule has 0 N–H and O–H groups in total. The van der Waals surface area contributed by atoms with Crippen LogP contribution in [0.5, 0.6) is 0 Å². The summed E-state index contributed by atoms with van der Waals surface area (Å²) in [5.41, 5.74) is 2.39. The second-order valence-electron chi connectivity index (χ2n) is 8.40.